The van der Waals surface area contributed by atoms with Crippen LogP contribution in [0.2, 0.25) is 0 Å². The summed E-state index contributed by atoms with van der Waals surface area (Å²) in [6, 6.07) is 0. The van der Waals surface area contributed by atoms with Gasteiger partial charge < -0.3 is 5.32 Å². The van der Waals surface area contributed by atoms with E-state index in [9.17, 15) is 13.2 Å². The van der Waals surface area contributed by atoms with Gasteiger partial charge in [0.1, 0.15) is 0 Å². The maximum absolute atomic E-state index is 12.2. The molecule has 0 amide bonds. The van der Waals surface area contributed by atoms with Crippen molar-refractivity contribution in [1.82, 2.24) is 10.2 Å². The van der Waals surface area contributed by atoms with Crippen LogP contribution in [-0.4, -0.2) is 37.4 Å². The smallest absolute Gasteiger partial charge is 0.317 e. The van der Waals surface area contributed by atoms with E-state index in [0.29, 0.717) is 23.7 Å². The predicted octanol–water partition coefficient (Wildman–Crippen LogP) is 1.83. The van der Waals surface area contributed by atoms with Crippen molar-refractivity contribution >= 4 is 0 Å². The first-order chi connectivity index (χ1) is 6.54. The topological polar surface area (TPSA) is 15.3 Å². The predicted molar refractivity (Wildman–Crippen MR) is 48.9 cm³/mol. The Kier molecular flexibility index (Phi) is 4.19. The van der Waals surface area contributed by atoms with E-state index < -0.39 is 6.30 Å². The summed E-state index contributed by atoms with van der Waals surface area (Å²) in [6.45, 7) is 4.05. The zero-order valence-corrected chi connectivity index (χ0v) is 8.40. The number of nitrogens with zero attached hydrogens (tertiary/aromatic N) is 1. The Balaban J connectivity index is 2.24. The number of rotatable bonds is 3. The second kappa shape index (κ2) is 4.98. The van der Waals surface area contributed by atoms with Gasteiger partial charge in [0.25, 0.3) is 0 Å². The van der Waals surface area contributed by atoms with Gasteiger partial charge in [0.2, 0.25) is 0 Å². The van der Waals surface area contributed by atoms with Crippen molar-refractivity contribution in [1.29, 1.82) is 0 Å². The third-order valence-electron chi connectivity index (χ3n) is 2.66. The van der Waals surface area contributed by atoms with E-state index in [4.69, 9.17) is 0 Å². The van der Waals surface area contributed by atoms with Gasteiger partial charge in [-0.15, -0.1) is 0 Å². The molecule has 0 saturated carbocycles. The van der Waals surface area contributed by atoms with Crippen molar-refractivity contribution in [3.05, 3.63) is 0 Å². The SMILES string of the molecule is CCNCC1CCN(C(F)(F)F)CC1. The molecule has 0 aromatic heterocycles. The lowest BCUT2D eigenvalue weighted by molar-refractivity contribution is -0.251. The van der Waals surface area contributed by atoms with E-state index in [1.165, 1.54) is 0 Å². The first kappa shape index (κ1) is 11.8. The van der Waals surface area contributed by atoms with Crippen LogP contribution in [0.15, 0.2) is 0 Å². The lowest BCUT2D eigenvalue weighted by atomic mass is 9.97. The van der Waals surface area contributed by atoms with Crippen molar-refractivity contribution in [2.24, 2.45) is 5.92 Å². The zero-order valence-electron chi connectivity index (χ0n) is 8.40. The monoisotopic (exact) mass is 210 g/mol. The Morgan fingerprint density at radius 2 is 1.86 bits per heavy atom. The molecule has 0 unspecified atom stereocenters. The summed E-state index contributed by atoms with van der Waals surface area (Å²) in [5.41, 5.74) is 0. The van der Waals surface area contributed by atoms with Crippen LogP contribution in [0.1, 0.15) is 19.8 Å². The van der Waals surface area contributed by atoms with Gasteiger partial charge in [-0.25, -0.2) is 4.90 Å². The highest BCUT2D eigenvalue weighted by Gasteiger charge is 2.38. The number of likely N-dealkylation sites (tertiary alicyclic amines) is 1. The first-order valence-corrected chi connectivity index (χ1v) is 5.06. The number of alkyl halides is 3. The minimum absolute atomic E-state index is 0.152. The molecular formula is C9H17F3N2. The summed E-state index contributed by atoms with van der Waals surface area (Å²) in [5.74, 6) is 0.411. The van der Waals surface area contributed by atoms with E-state index >= 15 is 0 Å². The van der Waals surface area contributed by atoms with Gasteiger partial charge in [-0.2, -0.15) is 13.2 Å². The van der Waals surface area contributed by atoms with Gasteiger partial charge in [0.05, 0.1) is 0 Å². The molecule has 0 aliphatic carbocycles. The Bertz CT molecular complexity index is 162. The molecule has 1 fully saturated rings. The molecule has 2 nitrogen and oxygen atoms in total. The number of hydrogen-bond acceptors (Lipinski definition) is 2. The number of nitrogens with one attached hydrogen (secondary N) is 1. The molecule has 1 heterocycles. The lowest BCUT2D eigenvalue weighted by Crippen LogP contribution is -2.45. The normalized spacial score (nSPS) is 21.4. The fourth-order valence-corrected chi connectivity index (χ4v) is 1.74. The Morgan fingerprint density at radius 3 is 2.29 bits per heavy atom. The molecular weight excluding hydrogens is 193 g/mol. The number of hydrogen-bond donors (Lipinski definition) is 1. The second-order valence-corrected chi connectivity index (χ2v) is 3.71. The summed E-state index contributed by atoms with van der Waals surface area (Å²) < 4.78 is 36.7. The molecule has 1 saturated heterocycles. The summed E-state index contributed by atoms with van der Waals surface area (Å²) in [4.78, 5) is 0.607. The molecule has 0 aromatic carbocycles. The van der Waals surface area contributed by atoms with E-state index in [1.54, 1.807) is 0 Å². The van der Waals surface area contributed by atoms with Crippen LogP contribution in [0.25, 0.3) is 0 Å². The molecule has 0 aromatic rings. The molecule has 5 heteroatoms. The maximum Gasteiger partial charge on any atom is 0.459 e. The van der Waals surface area contributed by atoms with Gasteiger partial charge in [-0.1, -0.05) is 6.92 Å². The number of piperidine rings is 1. The van der Waals surface area contributed by atoms with Crippen LogP contribution in [0, 0.1) is 5.92 Å². The molecule has 0 spiro atoms. The molecule has 0 radical (unpaired) electrons. The van der Waals surface area contributed by atoms with Gasteiger partial charge in [-0.05, 0) is 31.8 Å². The quantitative estimate of drug-likeness (QED) is 0.715. The Morgan fingerprint density at radius 1 is 1.29 bits per heavy atom. The van der Waals surface area contributed by atoms with Crippen molar-refractivity contribution < 1.29 is 13.2 Å². The first-order valence-electron chi connectivity index (χ1n) is 5.06. The molecule has 1 N–H and O–H groups in total. The largest absolute Gasteiger partial charge is 0.459 e. The molecule has 84 valence electrons. The summed E-state index contributed by atoms with van der Waals surface area (Å²) in [5, 5.41) is 3.17. The highest BCUT2D eigenvalue weighted by molar-refractivity contribution is 4.74. The fraction of sp³-hybridized carbons (Fsp3) is 1.00. The van der Waals surface area contributed by atoms with Crippen molar-refractivity contribution in [2.75, 3.05) is 26.2 Å². The fourth-order valence-electron chi connectivity index (χ4n) is 1.74. The van der Waals surface area contributed by atoms with Gasteiger partial charge in [-0.3, -0.25) is 0 Å². The van der Waals surface area contributed by atoms with Crippen LogP contribution >= 0.6 is 0 Å². The summed E-state index contributed by atoms with van der Waals surface area (Å²) in [7, 11) is 0. The Labute approximate surface area is 82.5 Å². The summed E-state index contributed by atoms with van der Waals surface area (Å²) in [6.07, 6.45) is -2.85. The highest BCUT2D eigenvalue weighted by atomic mass is 19.4. The van der Waals surface area contributed by atoms with Crippen molar-refractivity contribution in [3.63, 3.8) is 0 Å². The molecule has 1 rings (SSSR count). The van der Waals surface area contributed by atoms with Crippen molar-refractivity contribution in [2.45, 2.75) is 26.1 Å². The van der Waals surface area contributed by atoms with E-state index in [0.717, 1.165) is 13.1 Å². The Hall–Kier alpha value is -0.290. The molecule has 1 aliphatic rings. The zero-order chi connectivity index (χ0) is 10.6. The molecule has 14 heavy (non-hydrogen) atoms. The van der Waals surface area contributed by atoms with Crippen LogP contribution in [-0.2, 0) is 0 Å². The van der Waals surface area contributed by atoms with E-state index in [2.05, 4.69) is 5.32 Å². The minimum Gasteiger partial charge on any atom is -0.317 e. The van der Waals surface area contributed by atoms with Crippen LogP contribution in [0.3, 0.4) is 0 Å². The summed E-state index contributed by atoms with van der Waals surface area (Å²) >= 11 is 0. The average molecular weight is 210 g/mol. The standard InChI is InChI=1S/C9H17F3N2/c1-2-13-7-8-3-5-14(6-4-8)9(10,11)12/h8,13H,2-7H2,1H3. The lowest BCUT2D eigenvalue weighted by Gasteiger charge is -2.32. The number of halogens is 3. The van der Waals surface area contributed by atoms with Crippen LogP contribution in [0.5, 0.6) is 0 Å². The van der Waals surface area contributed by atoms with E-state index in [1.807, 2.05) is 6.92 Å². The maximum atomic E-state index is 12.2. The second-order valence-electron chi connectivity index (χ2n) is 3.71. The minimum atomic E-state index is -4.14. The third-order valence-corrected chi connectivity index (χ3v) is 2.66. The average Bonchev–Trinajstić information content (AvgIpc) is 2.14. The van der Waals surface area contributed by atoms with Crippen molar-refractivity contribution in [3.8, 4) is 0 Å². The van der Waals surface area contributed by atoms with Gasteiger partial charge in [0, 0.05) is 13.1 Å². The molecule has 1 aliphatic heterocycles. The van der Waals surface area contributed by atoms with Gasteiger partial charge in [0.15, 0.2) is 0 Å². The molecule has 0 bridgehead atoms. The van der Waals surface area contributed by atoms with Gasteiger partial charge >= 0.3 is 6.30 Å². The highest BCUT2D eigenvalue weighted by Crippen LogP contribution is 2.27. The van der Waals surface area contributed by atoms with Crippen LogP contribution in [0.4, 0.5) is 13.2 Å². The van der Waals surface area contributed by atoms with E-state index in [-0.39, 0.29) is 13.1 Å². The third kappa shape index (κ3) is 3.46. The van der Waals surface area contributed by atoms with Crippen LogP contribution < -0.4 is 5.32 Å². The molecule has 0 atom stereocenters.